The van der Waals surface area contributed by atoms with Gasteiger partial charge in [-0.15, -0.1) is 0 Å². The average Bonchev–Trinajstić information content (AvgIpc) is 2.08. The van der Waals surface area contributed by atoms with Gasteiger partial charge in [0.15, 0.2) is 0 Å². The van der Waals surface area contributed by atoms with Crippen molar-refractivity contribution in [3.8, 4) is 0 Å². The van der Waals surface area contributed by atoms with Crippen molar-refractivity contribution in [3.05, 3.63) is 0 Å². The lowest BCUT2D eigenvalue weighted by Gasteiger charge is -2.29. The molecular formula is C7H14FN3O. The molecule has 0 saturated carbocycles. The Morgan fingerprint density at radius 1 is 1.50 bits per heavy atom. The molecule has 5 heteroatoms. The summed E-state index contributed by atoms with van der Waals surface area (Å²) < 4.78 is 12.7. The molecule has 0 aromatic heterocycles. The molecule has 0 atom stereocenters. The molecule has 1 aliphatic heterocycles. The minimum absolute atomic E-state index is 0.220. The van der Waals surface area contributed by atoms with E-state index in [1.54, 1.807) is 0 Å². The summed E-state index contributed by atoms with van der Waals surface area (Å²) in [5, 5.41) is 0.264. The van der Waals surface area contributed by atoms with Crippen molar-refractivity contribution in [2.75, 3.05) is 26.2 Å². The highest BCUT2D eigenvalue weighted by Gasteiger charge is 2.24. The Labute approximate surface area is 71.0 Å². The van der Waals surface area contributed by atoms with Crippen LogP contribution in [-0.2, 0) is 0 Å². The minimum Gasteiger partial charge on any atom is -0.330 e. The number of hydrogen-bond acceptors (Lipinski definition) is 2. The Hall–Kier alpha value is -0.840. The Bertz CT molecular complexity index is 165. The maximum absolute atomic E-state index is 12.7. The lowest BCUT2D eigenvalue weighted by Crippen LogP contribution is -2.46. The second kappa shape index (κ2) is 4.25. The molecule has 0 aromatic carbocycles. The number of nitrogens with zero attached hydrogens (tertiary/aromatic N) is 2. The molecule has 0 radical (unpaired) electrons. The highest BCUT2D eigenvalue weighted by molar-refractivity contribution is 5.73. The van der Waals surface area contributed by atoms with Gasteiger partial charge in [0, 0.05) is 13.1 Å². The number of rotatable bonds is 3. The lowest BCUT2D eigenvalue weighted by molar-refractivity contribution is 0.0189. The second-order valence-corrected chi connectivity index (χ2v) is 2.85. The Morgan fingerprint density at radius 3 is 2.92 bits per heavy atom. The smallest absolute Gasteiger partial charge is 0.330 e. The molecule has 70 valence electrons. The van der Waals surface area contributed by atoms with Crippen LogP contribution in [0.25, 0.3) is 0 Å². The van der Waals surface area contributed by atoms with Crippen LogP contribution in [0.1, 0.15) is 12.8 Å². The van der Waals surface area contributed by atoms with Crippen molar-refractivity contribution < 1.29 is 9.28 Å². The summed E-state index contributed by atoms with van der Waals surface area (Å²) in [4.78, 5) is 12.6. The molecular weight excluding hydrogens is 161 g/mol. The zero-order valence-corrected chi connectivity index (χ0v) is 7.00. The predicted octanol–water partition coefficient (Wildman–Crippen LogP) is 0.347. The fourth-order valence-electron chi connectivity index (χ4n) is 1.23. The first-order valence-corrected chi connectivity index (χ1v) is 4.18. The zero-order valence-electron chi connectivity index (χ0n) is 7.00. The van der Waals surface area contributed by atoms with E-state index in [9.17, 15) is 9.28 Å². The number of amides is 2. The van der Waals surface area contributed by atoms with E-state index in [2.05, 4.69) is 0 Å². The molecule has 2 amide bonds. The van der Waals surface area contributed by atoms with E-state index >= 15 is 0 Å². The summed E-state index contributed by atoms with van der Waals surface area (Å²) in [5.41, 5.74) is 5.28. The van der Waals surface area contributed by atoms with Crippen LogP contribution in [0.3, 0.4) is 0 Å². The Kier molecular flexibility index (Phi) is 3.28. The summed E-state index contributed by atoms with van der Waals surface area (Å²) in [6.07, 6.45) is 1.44. The van der Waals surface area contributed by atoms with Crippen LogP contribution in [0.4, 0.5) is 9.28 Å². The average molecular weight is 175 g/mol. The zero-order chi connectivity index (χ0) is 8.97. The van der Waals surface area contributed by atoms with Crippen molar-refractivity contribution in [3.63, 3.8) is 0 Å². The number of halogens is 1. The third kappa shape index (κ3) is 2.07. The summed E-state index contributed by atoms with van der Waals surface area (Å²) in [5.74, 6) is 0. The van der Waals surface area contributed by atoms with Gasteiger partial charge in [-0.1, -0.05) is 4.48 Å². The maximum atomic E-state index is 12.7. The van der Waals surface area contributed by atoms with Crippen molar-refractivity contribution >= 4 is 6.03 Å². The third-order valence-electron chi connectivity index (χ3n) is 1.89. The Morgan fingerprint density at radius 2 is 2.25 bits per heavy atom. The first kappa shape index (κ1) is 9.25. The van der Waals surface area contributed by atoms with Gasteiger partial charge in [0.2, 0.25) is 0 Å². The molecule has 0 spiro atoms. The maximum Gasteiger partial charge on any atom is 0.348 e. The van der Waals surface area contributed by atoms with E-state index in [1.165, 1.54) is 4.90 Å². The SMILES string of the molecule is NCCCN1CCCN(F)C1=O. The van der Waals surface area contributed by atoms with E-state index in [0.717, 1.165) is 6.42 Å². The third-order valence-corrected chi connectivity index (χ3v) is 1.89. The number of carbonyl (C=O) groups is 1. The van der Waals surface area contributed by atoms with Crippen LogP contribution < -0.4 is 5.73 Å². The van der Waals surface area contributed by atoms with Gasteiger partial charge < -0.3 is 10.6 Å². The monoisotopic (exact) mass is 175 g/mol. The molecule has 0 aliphatic carbocycles. The fraction of sp³-hybridized carbons (Fsp3) is 0.857. The predicted molar refractivity (Wildman–Crippen MR) is 43.1 cm³/mol. The van der Waals surface area contributed by atoms with Crippen LogP contribution in [0.2, 0.25) is 0 Å². The van der Waals surface area contributed by atoms with Crippen LogP contribution >= 0.6 is 0 Å². The van der Waals surface area contributed by atoms with Gasteiger partial charge in [0.05, 0.1) is 6.54 Å². The van der Waals surface area contributed by atoms with E-state index < -0.39 is 6.03 Å². The molecule has 1 saturated heterocycles. The van der Waals surface area contributed by atoms with Crippen LogP contribution in [0.15, 0.2) is 0 Å². The summed E-state index contributed by atoms with van der Waals surface area (Å²) >= 11 is 0. The largest absolute Gasteiger partial charge is 0.348 e. The molecule has 4 nitrogen and oxygen atoms in total. The van der Waals surface area contributed by atoms with Crippen molar-refractivity contribution in [1.29, 1.82) is 0 Å². The number of nitrogens with two attached hydrogens (primary N) is 1. The summed E-state index contributed by atoms with van der Waals surface area (Å²) in [6.45, 7) is 1.98. The molecule has 0 aromatic rings. The first-order chi connectivity index (χ1) is 5.75. The van der Waals surface area contributed by atoms with E-state index in [-0.39, 0.29) is 11.7 Å². The second-order valence-electron chi connectivity index (χ2n) is 2.85. The highest BCUT2D eigenvalue weighted by Crippen LogP contribution is 2.09. The fourth-order valence-corrected chi connectivity index (χ4v) is 1.23. The molecule has 12 heavy (non-hydrogen) atoms. The van der Waals surface area contributed by atoms with Gasteiger partial charge >= 0.3 is 6.03 Å². The van der Waals surface area contributed by atoms with Gasteiger partial charge in [-0.2, -0.15) is 5.12 Å². The van der Waals surface area contributed by atoms with Gasteiger partial charge in [-0.3, -0.25) is 0 Å². The lowest BCUT2D eigenvalue weighted by atomic mass is 10.3. The van der Waals surface area contributed by atoms with E-state index in [0.29, 0.717) is 26.1 Å². The summed E-state index contributed by atoms with van der Waals surface area (Å²) in [7, 11) is 0. The Balaban J connectivity index is 2.36. The highest BCUT2D eigenvalue weighted by atomic mass is 19.2. The molecule has 1 rings (SSSR count). The molecule has 1 heterocycles. The van der Waals surface area contributed by atoms with Crippen molar-refractivity contribution in [2.45, 2.75) is 12.8 Å². The number of urea groups is 1. The van der Waals surface area contributed by atoms with E-state index in [1.807, 2.05) is 0 Å². The van der Waals surface area contributed by atoms with Crippen molar-refractivity contribution in [1.82, 2.24) is 10.0 Å². The standard InChI is InChI=1S/C7H14FN3O/c8-11-6-2-5-10(7(11)12)4-1-3-9/h1-6,9H2. The molecule has 0 bridgehead atoms. The molecule has 0 unspecified atom stereocenters. The molecule has 2 N–H and O–H groups in total. The number of hydrogen-bond donors (Lipinski definition) is 1. The normalized spacial score (nSPS) is 18.7. The van der Waals surface area contributed by atoms with Gasteiger partial charge in [0.25, 0.3) is 0 Å². The van der Waals surface area contributed by atoms with E-state index in [4.69, 9.17) is 5.73 Å². The van der Waals surface area contributed by atoms with Crippen LogP contribution in [0.5, 0.6) is 0 Å². The van der Waals surface area contributed by atoms with Crippen LogP contribution in [-0.4, -0.2) is 42.2 Å². The first-order valence-electron chi connectivity index (χ1n) is 4.18. The molecule has 1 aliphatic rings. The minimum atomic E-state index is -0.519. The van der Waals surface area contributed by atoms with Gasteiger partial charge in [-0.05, 0) is 19.4 Å². The van der Waals surface area contributed by atoms with Gasteiger partial charge in [-0.25, -0.2) is 4.79 Å². The van der Waals surface area contributed by atoms with Crippen LogP contribution in [0, 0.1) is 0 Å². The van der Waals surface area contributed by atoms with Gasteiger partial charge in [0.1, 0.15) is 0 Å². The van der Waals surface area contributed by atoms with Crippen molar-refractivity contribution in [2.24, 2.45) is 5.73 Å². The molecule has 1 fully saturated rings. The quantitative estimate of drug-likeness (QED) is 0.629. The number of carbonyl (C=O) groups excluding carboxylic acids is 1. The summed E-state index contributed by atoms with van der Waals surface area (Å²) in [6, 6.07) is -0.519. The topological polar surface area (TPSA) is 49.6 Å².